The van der Waals surface area contributed by atoms with Gasteiger partial charge in [0.15, 0.2) is 6.10 Å². The minimum absolute atomic E-state index is 0.0454. The number of hydrogen-bond acceptors (Lipinski definition) is 9. The average Bonchev–Trinajstić information content (AvgIpc) is 3.37. The van der Waals surface area contributed by atoms with E-state index in [-0.39, 0.29) is 16.4 Å². The molecule has 0 radical (unpaired) electrons. The van der Waals surface area contributed by atoms with Gasteiger partial charge in [-0.05, 0) is 74.5 Å². The fourth-order valence-corrected chi connectivity index (χ4v) is 4.65. The van der Waals surface area contributed by atoms with Gasteiger partial charge in [-0.2, -0.15) is 0 Å². The molecule has 0 fully saturated rings. The molecular weight excluding hydrogens is 534 g/mol. The molecule has 0 saturated carbocycles. The van der Waals surface area contributed by atoms with E-state index in [0.29, 0.717) is 28.2 Å². The molecule has 202 valence electrons. The smallest absolute Gasteiger partial charge is 0.338 e. The molecule has 0 aliphatic heterocycles. The Morgan fingerprint density at radius 3 is 2.52 bits per heavy atom. The number of imidazole rings is 1. The third kappa shape index (κ3) is 5.94. The molecule has 3 aromatic heterocycles. The van der Waals surface area contributed by atoms with Crippen molar-refractivity contribution in [3.8, 4) is 11.4 Å². The molecule has 1 unspecified atom stereocenters. The standard InChI is InChI=1S/C27H23N7O5S/c1-16-11-13-29-27(30-16)34-40(37,38)21-8-6-20(7-9-21)31-25(35)17(2)39-26(36)18-5-10-22-23(14-18)33-24(32-22)19-4-3-12-28-15-19/h3-15,17H,1-2H3,(H,31,35)(H,32,33)(H,29,30,34). The Morgan fingerprint density at radius 2 is 1.80 bits per heavy atom. The third-order valence-electron chi connectivity index (χ3n) is 5.76. The number of hydrogen-bond donors (Lipinski definition) is 3. The molecule has 2 aromatic carbocycles. The summed E-state index contributed by atoms with van der Waals surface area (Å²) in [7, 11) is -3.94. The van der Waals surface area contributed by atoms with Gasteiger partial charge in [0.1, 0.15) is 5.82 Å². The van der Waals surface area contributed by atoms with Crippen LogP contribution in [0.5, 0.6) is 0 Å². The zero-order valence-corrected chi connectivity index (χ0v) is 22.1. The van der Waals surface area contributed by atoms with E-state index in [1.807, 2.05) is 6.07 Å². The number of sulfonamides is 1. The second-order valence-electron chi connectivity index (χ2n) is 8.75. The van der Waals surface area contributed by atoms with E-state index in [4.69, 9.17) is 4.74 Å². The van der Waals surface area contributed by atoms with Gasteiger partial charge in [0.2, 0.25) is 5.95 Å². The highest BCUT2D eigenvalue weighted by Crippen LogP contribution is 2.22. The lowest BCUT2D eigenvalue weighted by Crippen LogP contribution is -2.30. The minimum atomic E-state index is -3.94. The molecule has 5 aromatic rings. The summed E-state index contributed by atoms with van der Waals surface area (Å²) in [6, 6.07) is 15.6. The second-order valence-corrected chi connectivity index (χ2v) is 10.4. The Bertz CT molecular complexity index is 1810. The first-order valence-electron chi connectivity index (χ1n) is 12.0. The highest BCUT2D eigenvalue weighted by Gasteiger charge is 2.21. The topological polar surface area (TPSA) is 169 Å². The fraction of sp³-hybridized carbons (Fsp3) is 0.111. The van der Waals surface area contributed by atoms with Gasteiger partial charge in [0.05, 0.1) is 21.5 Å². The van der Waals surface area contributed by atoms with Gasteiger partial charge in [0, 0.05) is 35.5 Å². The first kappa shape index (κ1) is 26.4. The number of rotatable bonds is 8. The van der Waals surface area contributed by atoms with Gasteiger partial charge in [0.25, 0.3) is 15.9 Å². The summed E-state index contributed by atoms with van der Waals surface area (Å²) in [6.45, 7) is 3.15. The van der Waals surface area contributed by atoms with Crippen LogP contribution in [0.3, 0.4) is 0 Å². The van der Waals surface area contributed by atoms with Gasteiger partial charge >= 0.3 is 5.97 Å². The van der Waals surface area contributed by atoms with Crippen molar-refractivity contribution >= 4 is 44.6 Å². The molecule has 1 amide bonds. The van der Waals surface area contributed by atoms with Gasteiger partial charge < -0.3 is 15.0 Å². The monoisotopic (exact) mass is 557 g/mol. The van der Waals surface area contributed by atoms with Gasteiger partial charge in [-0.15, -0.1) is 0 Å². The minimum Gasteiger partial charge on any atom is -0.449 e. The molecule has 0 bridgehead atoms. The molecule has 13 heteroatoms. The maximum atomic E-state index is 12.7. The van der Waals surface area contributed by atoms with Crippen molar-refractivity contribution in [3.63, 3.8) is 0 Å². The van der Waals surface area contributed by atoms with Gasteiger partial charge in [-0.3, -0.25) is 9.78 Å². The number of nitrogens with zero attached hydrogens (tertiary/aromatic N) is 4. The van der Waals surface area contributed by atoms with E-state index in [2.05, 4.69) is 35.0 Å². The number of benzene rings is 2. The number of anilines is 2. The van der Waals surface area contributed by atoms with Crippen molar-refractivity contribution in [1.82, 2.24) is 24.9 Å². The first-order valence-corrected chi connectivity index (χ1v) is 13.5. The van der Waals surface area contributed by atoms with E-state index < -0.39 is 28.0 Å². The first-order chi connectivity index (χ1) is 19.2. The van der Waals surface area contributed by atoms with Crippen molar-refractivity contribution in [2.45, 2.75) is 24.8 Å². The molecule has 3 N–H and O–H groups in total. The number of carbonyl (C=O) groups is 2. The largest absolute Gasteiger partial charge is 0.449 e. The lowest BCUT2D eigenvalue weighted by Gasteiger charge is -2.14. The highest BCUT2D eigenvalue weighted by molar-refractivity contribution is 7.92. The van der Waals surface area contributed by atoms with E-state index >= 15 is 0 Å². The number of amides is 1. The predicted octanol–water partition coefficient (Wildman–Crippen LogP) is 3.71. The van der Waals surface area contributed by atoms with Crippen LogP contribution in [-0.2, 0) is 19.6 Å². The molecular formula is C27H23N7O5S. The Labute approximate surface area is 228 Å². The fourth-order valence-electron chi connectivity index (χ4n) is 3.70. The third-order valence-corrected chi connectivity index (χ3v) is 7.10. The van der Waals surface area contributed by atoms with Crippen molar-refractivity contribution < 1.29 is 22.7 Å². The Balaban J connectivity index is 1.20. The maximum absolute atomic E-state index is 12.7. The molecule has 0 saturated heterocycles. The van der Waals surface area contributed by atoms with Crippen molar-refractivity contribution in [3.05, 3.63) is 90.5 Å². The van der Waals surface area contributed by atoms with Crippen molar-refractivity contribution in [2.75, 3.05) is 10.0 Å². The number of aromatic amines is 1. The summed E-state index contributed by atoms with van der Waals surface area (Å²) in [4.78, 5) is 45.0. The van der Waals surface area contributed by atoms with Crippen LogP contribution in [0.1, 0.15) is 23.0 Å². The van der Waals surface area contributed by atoms with Crippen molar-refractivity contribution in [2.24, 2.45) is 0 Å². The summed E-state index contributed by atoms with van der Waals surface area (Å²) in [5.41, 5.74) is 3.26. The van der Waals surface area contributed by atoms with E-state index in [0.717, 1.165) is 5.56 Å². The molecule has 40 heavy (non-hydrogen) atoms. The molecule has 5 rings (SSSR count). The number of esters is 1. The number of fused-ring (bicyclic) bond motifs is 1. The number of aromatic nitrogens is 5. The normalized spacial score (nSPS) is 12.1. The maximum Gasteiger partial charge on any atom is 0.338 e. The number of pyridine rings is 1. The lowest BCUT2D eigenvalue weighted by molar-refractivity contribution is -0.123. The molecule has 12 nitrogen and oxygen atoms in total. The van der Waals surface area contributed by atoms with Gasteiger partial charge in [-0.25, -0.2) is 32.9 Å². The van der Waals surface area contributed by atoms with Crippen LogP contribution in [0, 0.1) is 6.92 Å². The van der Waals surface area contributed by atoms with Crippen LogP contribution in [-0.4, -0.2) is 51.3 Å². The lowest BCUT2D eigenvalue weighted by atomic mass is 10.2. The molecule has 0 spiro atoms. The summed E-state index contributed by atoms with van der Waals surface area (Å²) in [5.74, 6) is -0.710. The molecule has 0 aliphatic carbocycles. The van der Waals surface area contributed by atoms with Crippen molar-refractivity contribution in [1.29, 1.82) is 0 Å². The quantitative estimate of drug-likeness (QED) is 0.241. The van der Waals surface area contributed by atoms with E-state index in [1.54, 1.807) is 49.6 Å². The molecule has 0 aliphatic rings. The number of carbonyl (C=O) groups excluding carboxylic acids is 2. The number of aryl methyl sites for hydroxylation is 1. The summed E-state index contributed by atoms with van der Waals surface area (Å²) in [6.07, 6.45) is 3.66. The Kier molecular flexibility index (Phi) is 7.21. The Morgan fingerprint density at radius 1 is 1.00 bits per heavy atom. The summed E-state index contributed by atoms with van der Waals surface area (Å²) in [5, 5.41) is 2.61. The number of H-pyrrole nitrogens is 1. The summed E-state index contributed by atoms with van der Waals surface area (Å²) < 4.78 is 32.9. The molecule has 1 atom stereocenters. The summed E-state index contributed by atoms with van der Waals surface area (Å²) >= 11 is 0. The predicted molar refractivity (Wildman–Crippen MR) is 147 cm³/mol. The zero-order chi connectivity index (χ0) is 28.3. The zero-order valence-electron chi connectivity index (χ0n) is 21.3. The average molecular weight is 558 g/mol. The van der Waals surface area contributed by atoms with Crippen LogP contribution in [0.4, 0.5) is 11.6 Å². The van der Waals surface area contributed by atoms with Crippen LogP contribution in [0.2, 0.25) is 0 Å². The van der Waals surface area contributed by atoms with Crippen LogP contribution in [0.15, 0.2) is 84.1 Å². The number of ether oxygens (including phenoxy) is 1. The van der Waals surface area contributed by atoms with Crippen LogP contribution >= 0.6 is 0 Å². The highest BCUT2D eigenvalue weighted by atomic mass is 32.2. The van der Waals surface area contributed by atoms with Crippen LogP contribution in [0.25, 0.3) is 22.4 Å². The number of nitrogens with one attached hydrogen (secondary N) is 3. The molecule has 3 heterocycles. The van der Waals surface area contributed by atoms with Crippen LogP contribution < -0.4 is 10.0 Å². The Hall–Kier alpha value is -5.17. The van der Waals surface area contributed by atoms with E-state index in [9.17, 15) is 18.0 Å². The SMILES string of the molecule is Cc1ccnc(NS(=O)(=O)c2ccc(NC(=O)C(C)OC(=O)c3ccc4nc(-c5cccnc5)[nH]c4c3)cc2)n1. The van der Waals surface area contributed by atoms with E-state index in [1.165, 1.54) is 37.4 Å². The van der Waals surface area contributed by atoms with Gasteiger partial charge in [-0.1, -0.05) is 0 Å². The second kappa shape index (κ2) is 10.9.